The van der Waals surface area contributed by atoms with Crippen LogP contribution < -0.4 is 0 Å². The molecule has 0 N–H and O–H groups in total. The van der Waals surface area contributed by atoms with E-state index < -0.39 is 16.1 Å². The van der Waals surface area contributed by atoms with Crippen LogP contribution in [-0.2, 0) is 35.2 Å². The lowest BCUT2D eigenvalue weighted by atomic mass is 10.0. The number of fused-ring (bicyclic) bond motifs is 1. The van der Waals surface area contributed by atoms with Gasteiger partial charge in [0.1, 0.15) is 11.5 Å². The lowest BCUT2D eigenvalue weighted by Gasteiger charge is -2.34. The summed E-state index contributed by atoms with van der Waals surface area (Å²) >= 11 is 0. The number of carbonyl (C=O) groups is 2. The van der Waals surface area contributed by atoms with Crippen LogP contribution in [0.5, 0.6) is 0 Å². The number of carbonyl (C=O) groups excluding carboxylic acids is 2. The number of ether oxygens (including phenoxy) is 1. The molecule has 1 fully saturated rings. The van der Waals surface area contributed by atoms with Crippen LogP contribution in [0.1, 0.15) is 24.0 Å². The third-order valence-electron chi connectivity index (χ3n) is 4.90. The first-order valence-electron chi connectivity index (χ1n) is 9.12. The zero-order valence-electron chi connectivity index (χ0n) is 15.7. The molecule has 1 amide bonds. The molecule has 1 atom stereocenters. The molecule has 0 spiro atoms. The Bertz CT molecular complexity index is 1090. The van der Waals surface area contributed by atoms with E-state index in [1.54, 1.807) is 24.3 Å². The van der Waals surface area contributed by atoms with Crippen LogP contribution in [0, 0.1) is 6.92 Å². The number of esters is 1. The van der Waals surface area contributed by atoms with Gasteiger partial charge in [-0.25, -0.2) is 4.79 Å². The van der Waals surface area contributed by atoms with Crippen LogP contribution in [0.15, 0.2) is 70.9 Å². The predicted octanol–water partition coefficient (Wildman–Crippen LogP) is 2.66. The molecule has 7 nitrogen and oxygen atoms in total. The fourth-order valence-electron chi connectivity index (χ4n) is 3.36. The molecule has 0 bridgehead atoms. The maximum absolute atomic E-state index is 12.7. The van der Waals surface area contributed by atoms with Crippen LogP contribution in [0.4, 0.5) is 0 Å². The van der Waals surface area contributed by atoms with Gasteiger partial charge in [0, 0.05) is 12.8 Å². The maximum Gasteiger partial charge on any atom is 0.358 e. The predicted molar refractivity (Wildman–Crippen MR) is 103 cm³/mol. The number of hydrogen-bond acceptors (Lipinski definition) is 6. The monoisotopic (exact) mass is 413 g/mol. The average Bonchev–Trinajstić information content (AvgIpc) is 2.98. The molecule has 0 saturated carbocycles. The topological polar surface area (TPSA) is 90.0 Å². The van der Waals surface area contributed by atoms with Gasteiger partial charge in [-0.3, -0.25) is 9.69 Å². The number of hydrogen-bond donors (Lipinski definition) is 0. The molecule has 2 aliphatic rings. The van der Waals surface area contributed by atoms with E-state index in [-0.39, 0.29) is 47.7 Å². The van der Waals surface area contributed by atoms with Crippen molar-refractivity contribution >= 4 is 22.0 Å². The molecular formula is C21H19NO6S. The first-order chi connectivity index (χ1) is 13.8. The minimum Gasteiger partial charge on any atom is -0.456 e. The van der Waals surface area contributed by atoms with Crippen molar-refractivity contribution in [2.75, 3.05) is 0 Å². The summed E-state index contributed by atoms with van der Waals surface area (Å²) in [5.74, 6) is -1.09. The van der Waals surface area contributed by atoms with Crippen molar-refractivity contribution in [3.63, 3.8) is 0 Å². The number of amides is 1. The fourth-order valence-corrected chi connectivity index (χ4v) is 4.34. The Morgan fingerprint density at radius 2 is 1.76 bits per heavy atom. The van der Waals surface area contributed by atoms with Gasteiger partial charge in [-0.2, -0.15) is 8.42 Å². The number of rotatable bonds is 6. The SMILES string of the molecule is Cc1ccc(S(=O)(=O)OC2=C(C(=O)OCc3ccccc3)N3C(=O)C[C@H]3C2)cc1. The van der Waals surface area contributed by atoms with E-state index in [2.05, 4.69) is 0 Å². The van der Waals surface area contributed by atoms with Crippen LogP contribution in [0.25, 0.3) is 0 Å². The Morgan fingerprint density at radius 1 is 1.07 bits per heavy atom. The van der Waals surface area contributed by atoms with Crippen molar-refractivity contribution in [2.24, 2.45) is 0 Å². The van der Waals surface area contributed by atoms with E-state index in [1.807, 2.05) is 25.1 Å². The molecule has 0 radical (unpaired) electrons. The second-order valence-electron chi connectivity index (χ2n) is 7.01. The molecule has 150 valence electrons. The van der Waals surface area contributed by atoms with Gasteiger partial charge in [0.15, 0.2) is 11.5 Å². The zero-order valence-corrected chi connectivity index (χ0v) is 16.5. The number of aryl methyl sites for hydroxylation is 1. The summed E-state index contributed by atoms with van der Waals surface area (Å²) in [4.78, 5) is 25.9. The Morgan fingerprint density at radius 3 is 2.41 bits per heavy atom. The van der Waals surface area contributed by atoms with Crippen molar-refractivity contribution in [1.29, 1.82) is 0 Å². The number of benzene rings is 2. The van der Waals surface area contributed by atoms with Crippen LogP contribution >= 0.6 is 0 Å². The van der Waals surface area contributed by atoms with Crippen molar-refractivity contribution in [2.45, 2.75) is 37.3 Å². The first-order valence-corrected chi connectivity index (χ1v) is 10.5. The normalized spacial score (nSPS) is 18.3. The highest BCUT2D eigenvalue weighted by molar-refractivity contribution is 7.86. The summed E-state index contributed by atoms with van der Waals surface area (Å²) in [5.41, 5.74) is 1.56. The molecule has 2 aromatic rings. The highest BCUT2D eigenvalue weighted by Gasteiger charge is 2.50. The lowest BCUT2D eigenvalue weighted by Crippen LogP contribution is -2.49. The molecule has 1 saturated heterocycles. The van der Waals surface area contributed by atoms with E-state index in [4.69, 9.17) is 8.92 Å². The van der Waals surface area contributed by atoms with Gasteiger partial charge in [-0.15, -0.1) is 0 Å². The maximum atomic E-state index is 12.7. The Hall–Kier alpha value is -3.13. The quantitative estimate of drug-likeness (QED) is 0.411. The highest BCUT2D eigenvalue weighted by atomic mass is 32.2. The third-order valence-corrected chi connectivity index (χ3v) is 6.17. The van der Waals surface area contributed by atoms with Crippen LogP contribution in [0.2, 0.25) is 0 Å². The summed E-state index contributed by atoms with van der Waals surface area (Å²) in [6.45, 7) is 1.85. The van der Waals surface area contributed by atoms with Crippen LogP contribution in [-0.4, -0.2) is 31.2 Å². The van der Waals surface area contributed by atoms with Crippen molar-refractivity contribution in [3.8, 4) is 0 Å². The van der Waals surface area contributed by atoms with Gasteiger partial charge in [0.25, 0.3) is 0 Å². The van der Waals surface area contributed by atoms with Crippen molar-refractivity contribution in [1.82, 2.24) is 4.90 Å². The summed E-state index contributed by atoms with van der Waals surface area (Å²) in [6, 6.07) is 15.0. The fraction of sp³-hybridized carbons (Fsp3) is 0.238. The second kappa shape index (κ2) is 7.36. The molecule has 0 unspecified atom stereocenters. The average molecular weight is 413 g/mol. The van der Waals surface area contributed by atoms with E-state index in [0.717, 1.165) is 11.1 Å². The molecule has 2 heterocycles. The molecule has 2 aliphatic heterocycles. The smallest absolute Gasteiger partial charge is 0.358 e. The summed E-state index contributed by atoms with van der Waals surface area (Å²) in [5, 5.41) is 0. The Labute approximate surface area is 168 Å². The molecule has 2 aromatic carbocycles. The van der Waals surface area contributed by atoms with Crippen LogP contribution in [0.3, 0.4) is 0 Å². The first kappa shape index (κ1) is 19.2. The lowest BCUT2D eigenvalue weighted by molar-refractivity contribution is -0.151. The molecular weight excluding hydrogens is 394 g/mol. The summed E-state index contributed by atoms with van der Waals surface area (Å²) in [6.07, 6.45) is 0.402. The van der Waals surface area contributed by atoms with E-state index in [9.17, 15) is 18.0 Å². The third kappa shape index (κ3) is 3.75. The molecule has 0 aromatic heterocycles. The Kier molecular flexibility index (Phi) is 4.87. The van der Waals surface area contributed by atoms with Gasteiger partial charge in [0.2, 0.25) is 5.91 Å². The largest absolute Gasteiger partial charge is 0.456 e. The minimum atomic E-state index is -4.13. The standard InChI is InChI=1S/C21H19NO6S/c1-14-7-9-17(10-8-14)29(25,26)28-18-11-16-12-19(23)22(16)20(18)21(24)27-13-15-5-3-2-4-6-15/h2-10,16H,11-13H2,1H3/t16-/m1/s1. The van der Waals surface area contributed by atoms with Gasteiger partial charge in [-0.1, -0.05) is 48.0 Å². The van der Waals surface area contributed by atoms with E-state index >= 15 is 0 Å². The van der Waals surface area contributed by atoms with Gasteiger partial charge in [0.05, 0.1) is 6.04 Å². The second-order valence-corrected chi connectivity index (χ2v) is 8.56. The highest BCUT2D eigenvalue weighted by Crippen LogP contribution is 2.40. The Balaban J connectivity index is 1.58. The van der Waals surface area contributed by atoms with Gasteiger partial charge in [-0.05, 0) is 24.6 Å². The molecule has 8 heteroatoms. The number of nitrogens with zero attached hydrogens (tertiary/aromatic N) is 1. The summed E-state index contributed by atoms with van der Waals surface area (Å²) in [7, 11) is -4.13. The molecule has 29 heavy (non-hydrogen) atoms. The minimum absolute atomic E-state index is 0.00780. The van der Waals surface area contributed by atoms with E-state index in [1.165, 1.54) is 17.0 Å². The van der Waals surface area contributed by atoms with Gasteiger partial charge < -0.3 is 8.92 Å². The molecule has 4 rings (SSSR count). The van der Waals surface area contributed by atoms with Crippen molar-refractivity contribution < 1.29 is 26.9 Å². The zero-order chi connectivity index (χ0) is 20.6. The van der Waals surface area contributed by atoms with E-state index in [0.29, 0.717) is 0 Å². The summed E-state index contributed by atoms with van der Waals surface area (Å²) < 4.78 is 35.9. The van der Waals surface area contributed by atoms with Gasteiger partial charge >= 0.3 is 16.1 Å². The van der Waals surface area contributed by atoms with Crippen molar-refractivity contribution in [3.05, 3.63) is 77.2 Å². The number of β-lactam (4-membered cyclic amide) rings is 1. The molecule has 0 aliphatic carbocycles.